The third-order valence-corrected chi connectivity index (χ3v) is 4.60. The van der Waals surface area contributed by atoms with E-state index in [9.17, 15) is 9.59 Å². The first-order chi connectivity index (χ1) is 14.5. The van der Waals surface area contributed by atoms with Gasteiger partial charge in [0.25, 0.3) is 0 Å². The first-order valence-corrected chi connectivity index (χ1v) is 9.39. The Morgan fingerprint density at radius 3 is 2.37 bits per heavy atom. The normalized spacial score (nSPS) is 11.1. The van der Waals surface area contributed by atoms with Crippen LogP contribution in [-0.2, 0) is 4.79 Å². The summed E-state index contributed by atoms with van der Waals surface area (Å²) < 4.78 is 1.94. The maximum absolute atomic E-state index is 13.1. The Labute approximate surface area is 172 Å². The van der Waals surface area contributed by atoms with E-state index in [1.54, 1.807) is 0 Å². The molecule has 148 valence electrons. The summed E-state index contributed by atoms with van der Waals surface area (Å²) >= 11 is 0. The number of aromatic nitrogens is 2. The number of benzene rings is 2. The first-order valence-electron chi connectivity index (χ1n) is 9.39. The molecule has 0 saturated heterocycles. The summed E-state index contributed by atoms with van der Waals surface area (Å²) in [5.41, 5.74) is 3.11. The molecular weight excluding hydrogens is 378 g/mol. The highest BCUT2D eigenvalue weighted by Crippen LogP contribution is 2.27. The van der Waals surface area contributed by atoms with Crippen molar-refractivity contribution < 1.29 is 9.90 Å². The fraction of sp³-hybridized carbons (Fsp3) is 0.0417. The maximum atomic E-state index is 13.1. The van der Waals surface area contributed by atoms with Gasteiger partial charge in [-0.3, -0.25) is 14.3 Å². The van der Waals surface area contributed by atoms with E-state index in [4.69, 9.17) is 5.11 Å². The molecule has 0 saturated carbocycles. The van der Waals surface area contributed by atoms with E-state index < -0.39 is 5.97 Å². The molecule has 2 N–H and O–H groups in total. The van der Waals surface area contributed by atoms with Crippen molar-refractivity contribution in [3.8, 4) is 5.69 Å². The van der Waals surface area contributed by atoms with E-state index in [0.717, 1.165) is 17.5 Å². The van der Waals surface area contributed by atoms with Gasteiger partial charge in [-0.1, -0.05) is 36.4 Å². The zero-order valence-electron chi connectivity index (χ0n) is 16.2. The van der Waals surface area contributed by atoms with E-state index in [-0.39, 0.29) is 5.43 Å². The first kappa shape index (κ1) is 19.1. The largest absolute Gasteiger partial charge is 0.478 e. The average molecular weight is 397 g/mol. The minimum absolute atomic E-state index is 0.242. The Balaban J connectivity index is 2.05. The molecule has 2 aromatic carbocycles. The highest BCUT2D eigenvalue weighted by molar-refractivity contribution is 5.93. The van der Waals surface area contributed by atoms with Crippen LogP contribution in [0.3, 0.4) is 0 Å². The van der Waals surface area contributed by atoms with Gasteiger partial charge in [-0.25, -0.2) is 4.79 Å². The Morgan fingerprint density at radius 2 is 1.70 bits per heavy atom. The molecule has 2 heterocycles. The van der Waals surface area contributed by atoms with Gasteiger partial charge in [-0.05, 0) is 43.3 Å². The van der Waals surface area contributed by atoms with Crippen molar-refractivity contribution >= 4 is 34.5 Å². The summed E-state index contributed by atoms with van der Waals surface area (Å²) in [6, 6.07) is 22.6. The van der Waals surface area contributed by atoms with E-state index in [1.165, 1.54) is 12.1 Å². The number of carboxylic acids is 1. The molecule has 2 aromatic heterocycles. The lowest BCUT2D eigenvalue weighted by molar-refractivity contribution is -0.131. The molecule has 30 heavy (non-hydrogen) atoms. The molecule has 0 aliphatic heterocycles. The number of carboxylic acid groups (broad SMARTS) is 1. The number of anilines is 2. The number of para-hydroxylation sites is 2. The fourth-order valence-electron chi connectivity index (χ4n) is 3.39. The average Bonchev–Trinajstić information content (AvgIpc) is 2.73. The second-order valence-electron chi connectivity index (χ2n) is 6.77. The number of nitrogens with zero attached hydrogens (tertiary/aromatic N) is 2. The lowest BCUT2D eigenvalue weighted by atomic mass is 10.1. The Morgan fingerprint density at radius 1 is 1.03 bits per heavy atom. The molecule has 6 nitrogen and oxygen atoms in total. The summed E-state index contributed by atoms with van der Waals surface area (Å²) in [7, 11) is 0. The molecule has 4 rings (SSSR count). The van der Waals surface area contributed by atoms with Gasteiger partial charge in [0.15, 0.2) is 5.43 Å². The van der Waals surface area contributed by atoms with Crippen LogP contribution in [0.15, 0.2) is 83.7 Å². The molecule has 0 unspecified atom stereocenters. The van der Waals surface area contributed by atoms with Gasteiger partial charge in [0.2, 0.25) is 0 Å². The van der Waals surface area contributed by atoms with Crippen LogP contribution < -0.4 is 10.7 Å². The second kappa shape index (κ2) is 8.05. The van der Waals surface area contributed by atoms with Gasteiger partial charge in [-0.2, -0.15) is 0 Å². The summed E-state index contributed by atoms with van der Waals surface area (Å²) in [5.74, 6) is -0.499. The maximum Gasteiger partial charge on any atom is 0.328 e. The van der Waals surface area contributed by atoms with Crippen molar-refractivity contribution in [2.24, 2.45) is 0 Å². The van der Waals surface area contributed by atoms with Gasteiger partial charge in [-0.15, -0.1) is 0 Å². The summed E-state index contributed by atoms with van der Waals surface area (Å²) in [5, 5.41) is 12.7. The topological polar surface area (TPSA) is 84.2 Å². The van der Waals surface area contributed by atoms with Crippen LogP contribution in [0, 0.1) is 6.92 Å². The Hall–Kier alpha value is -4.19. The highest BCUT2D eigenvalue weighted by atomic mass is 16.4. The lowest BCUT2D eigenvalue weighted by Crippen LogP contribution is -2.14. The van der Waals surface area contributed by atoms with Crippen molar-refractivity contribution in [1.29, 1.82) is 0 Å². The predicted octanol–water partition coefficient (Wildman–Crippen LogP) is 4.54. The minimum Gasteiger partial charge on any atom is -0.478 e. The van der Waals surface area contributed by atoms with Crippen LogP contribution in [0.2, 0.25) is 0 Å². The molecule has 0 amide bonds. The van der Waals surface area contributed by atoms with Crippen LogP contribution in [0.1, 0.15) is 11.4 Å². The minimum atomic E-state index is -1.10. The van der Waals surface area contributed by atoms with E-state index in [2.05, 4.69) is 10.3 Å². The highest BCUT2D eigenvalue weighted by Gasteiger charge is 2.15. The number of pyridine rings is 2. The molecule has 0 bridgehead atoms. The summed E-state index contributed by atoms with van der Waals surface area (Å²) in [6.07, 6.45) is 2.35. The van der Waals surface area contributed by atoms with Gasteiger partial charge in [0.05, 0.1) is 16.6 Å². The van der Waals surface area contributed by atoms with Crippen molar-refractivity contribution in [3.05, 3.63) is 100 Å². The molecular formula is C24H19N3O3. The smallest absolute Gasteiger partial charge is 0.328 e. The molecule has 0 fully saturated rings. The predicted molar refractivity (Wildman–Crippen MR) is 118 cm³/mol. The molecule has 6 heteroatoms. The Bertz CT molecular complexity index is 1310. The molecule has 0 aliphatic rings. The number of hydrogen-bond acceptors (Lipinski definition) is 4. The van der Waals surface area contributed by atoms with E-state index in [0.29, 0.717) is 28.1 Å². The fourth-order valence-corrected chi connectivity index (χ4v) is 3.39. The molecule has 0 aliphatic carbocycles. The third kappa shape index (κ3) is 3.84. The van der Waals surface area contributed by atoms with Crippen LogP contribution in [-0.4, -0.2) is 20.6 Å². The van der Waals surface area contributed by atoms with Crippen LogP contribution in [0.25, 0.3) is 22.7 Å². The number of nitrogens with one attached hydrogen (secondary N) is 1. The number of carbonyl (C=O) groups is 1. The van der Waals surface area contributed by atoms with Crippen molar-refractivity contribution in [3.63, 3.8) is 0 Å². The second-order valence-corrected chi connectivity index (χ2v) is 6.77. The number of aryl methyl sites for hydroxylation is 1. The van der Waals surface area contributed by atoms with Gasteiger partial charge < -0.3 is 10.4 Å². The molecule has 4 aromatic rings. The monoisotopic (exact) mass is 397 g/mol. The van der Waals surface area contributed by atoms with Gasteiger partial charge in [0.1, 0.15) is 5.82 Å². The number of fused-ring (bicyclic) bond motifs is 1. The number of rotatable bonds is 5. The van der Waals surface area contributed by atoms with Gasteiger partial charge >= 0.3 is 5.97 Å². The quantitative estimate of drug-likeness (QED) is 0.483. The number of aliphatic carboxylic acids is 1. The molecule has 0 radical (unpaired) electrons. The zero-order valence-corrected chi connectivity index (χ0v) is 16.2. The van der Waals surface area contributed by atoms with Gasteiger partial charge in [0, 0.05) is 29.2 Å². The summed E-state index contributed by atoms with van der Waals surface area (Å²) in [6.45, 7) is 1.81. The third-order valence-electron chi connectivity index (χ3n) is 4.60. The van der Waals surface area contributed by atoms with Crippen molar-refractivity contribution in [2.45, 2.75) is 6.92 Å². The zero-order chi connectivity index (χ0) is 21.1. The SMILES string of the molecule is Cc1cc2c(c(C=CC(=O)O)n1)c(=O)cc(Nc1ccccc1)n2-c1ccccc1. The standard InChI is InChI=1S/C24H19N3O3/c1-16-14-20-24(19(25-16)12-13-23(29)30)21(28)15-22(26-17-8-4-2-5-9-17)27(20)18-10-6-3-7-11-18/h2-15,26H,1H3,(H,29,30). The van der Waals surface area contributed by atoms with E-state index in [1.807, 2.05) is 78.2 Å². The van der Waals surface area contributed by atoms with E-state index >= 15 is 0 Å². The van der Waals surface area contributed by atoms with Crippen LogP contribution in [0.4, 0.5) is 11.5 Å². The number of hydrogen-bond donors (Lipinski definition) is 2. The lowest BCUT2D eigenvalue weighted by Gasteiger charge is -2.19. The Kier molecular flexibility index (Phi) is 5.13. The molecule has 0 atom stereocenters. The van der Waals surface area contributed by atoms with Crippen molar-refractivity contribution in [2.75, 3.05) is 5.32 Å². The van der Waals surface area contributed by atoms with Crippen LogP contribution in [0.5, 0.6) is 0 Å². The van der Waals surface area contributed by atoms with Crippen LogP contribution >= 0.6 is 0 Å². The summed E-state index contributed by atoms with van der Waals surface area (Å²) in [4.78, 5) is 28.5. The van der Waals surface area contributed by atoms with Crippen molar-refractivity contribution in [1.82, 2.24) is 9.55 Å². The molecule has 0 spiro atoms.